The molecule has 0 aliphatic carbocycles. The number of piperidine rings is 1. The van der Waals surface area contributed by atoms with Crippen LogP contribution in [0.4, 0.5) is 11.6 Å². The van der Waals surface area contributed by atoms with Gasteiger partial charge in [0.2, 0.25) is 0 Å². The quantitative estimate of drug-likeness (QED) is 0.781. The Bertz CT molecular complexity index is 367. The third-order valence-corrected chi connectivity index (χ3v) is 3.75. The van der Waals surface area contributed by atoms with Crippen molar-refractivity contribution in [2.24, 2.45) is 0 Å². The van der Waals surface area contributed by atoms with Gasteiger partial charge in [0.05, 0.1) is 0 Å². The van der Waals surface area contributed by atoms with Crippen molar-refractivity contribution in [3.05, 3.63) is 12.4 Å². The number of rotatable bonds is 2. The molecular formula is C13H20N4. The summed E-state index contributed by atoms with van der Waals surface area (Å²) in [5.74, 6) is 2.22. The van der Waals surface area contributed by atoms with Crippen molar-refractivity contribution in [2.75, 3.05) is 36.0 Å². The largest absolute Gasteiger partial charge is 0.356 e. The van der Waals surface area contributed by atoms with Crippen LogP contribution in [0.3, 0.4) is 0 Å². The first-order valence-electron chi connectivity index (χ1n) is 6.75. The molecule has 3 heterocycles. The standard InChI is InChI=1S/C13H20N4/c1-2-6-16(7-3-1)12-10-13(15-11-14-12)17-8-4-5-9-17/h10-11H,1-9H2. The Hall–Kier alpha value is -1.32. The Kier molecular flexibility index (Phi) is 3.12. The second kappa shape index (κ2) is 4.90. The highest BCUT2D eigenvalue weighted by atomic mass is 15.2. The summed E-state index contributed by atoms with van der Waals surface area (Å²) in [6.45, 7) is 4.60. The highest BCUT2D eigenvalue weighted by molar-refractivity contribution is 5.50. The third kappa shape index (κ3) is 2.35. The normalized spacial score (nSPS) is 20.9. The fourth-order valence-electron chi connectivity index (χ4n) is 2.75. The van der Waals surface area contributed by atoms with Crippen LogP contribution in [0.25, 0.3) is 0 Å². The zero-order chi connectivity index (χ0) is 11.5. The molecule has 0 N–H and O–H groups in total. The highest BCUT2D eigenvalue weighted by Gasteiger charge is 2.17. The zero-order valence-electron chi connectivity index (χ0n) is 10.3. The van der Waals surface area contributed by atoms with Crippen LogP contribution >= 0.6 is 0 Å². The summed E-state index contributed by atoms with van der Waals surface area (Å²) < 4.78 is 0. The number of nitrogens with zero attached hydrogens (tertiary/aromatic N) is 4. The van der Waals surface area contributed by atoms with E-state index in [0.717, 1.165) is 37.8 Å². The van der Waals surface area contributed by atoms with Crippen LogP contribution in [0.5, 0.6) is 0 Å². The molecule has 2 aliphatic rings. The SMILES string of the molecule is c1nc(N2CCCCC2)cc(N2CCCC2)n1. The van der Waals surface area contributed by atoms with Crippen LogP contribution < -0.4 is 9.80 Å². The minimum atomic E-state index is 1.11. The molecule has 0 saturated carbocycles. The summed E-state index contributed by atoms with van der Waals surface area (Å²) in [4.78, 5) is 13.6. The molecule has 0 atom stereocenters. The molecule has 92 valence electrons. The first kappa shape index (κ1) is 10.8. The number of hydrogen-bond donors (Lipinski definition) is 0. The van der Waals surface area contributed by atoms with Crippen LogP contribution in [0.1, 0.15) is 32.1 Å². The maximum atomic E-state index is 4.42. The number of anilines is 2. The van der Waals surface area contributed by atoms with E-state index in [1.165, 1.54) is 32.1 Å². The van der Waals surface area contributed by atoms with E-state index in [4.69, 9.17) is 0 Å². The van der Waals surface area contributed by atoms with E-state index in [1.807, 2.05) is 0 Å². The topological polar surface area (TPSA) is 32.3 Å². The molecular weight excluding hydrogens is 212 g/mol. The van der Waals surface area contributed by atoms with Crippen LogP contribution in [0.15, 0.2) is 12.4 Å². The molecule has 2 fully saturated rings. The van der Waals surface area contributed by atoms with E-state index in [2.05, 4.69) is 25.8 Å². The van der Waals surface area contributed by atoms with Gasteiger partial charge in [-0.3, -0.25) is 0 Å². The molecule has 4 nitrogen and oxygen atoms in total. The zero-order valence-corrected chi connectivity index (χ0v) is 10.3. The van der Waals surface area contributed by atoms with E-state index < -0.39 is 0 Å². The maximum Gasteiger partial charge on any atom is 0.134 e. The minimum Gasteiger partial charge on any atom is -0.356 e. The average molecular weight is 232 g/mol. The lowest BCUT2D eigenvalue weighted by molar-refractivity contribution is 0.573. The van der Waals surface area contributed by atoms with Crippen molar-refractivity contribution < 1.29 is 0 Å². The Morgan fingerprint density at radius 1 is 0.706 bits per heavy atom. The monoisotopic (exact) mass is 232 g/mol. The predicted molar refractivity (Wildman–Crippen MR) is 69.5 cm³/mol. The molecule has 2 saturated heterocycles. The molecule has 1 aromatic heterocycles. The van der Waals surface area contributed by atoms with Crippen molar-refractivity contribution in [3.8, 4) is 0 Å². The minimum absolute atomic E-state index is 1.11. The van der Waals surface area contributed by atoms with Crippen molar-refractivity contribution in [2.45, 2.75) is 32.1 Å². The van der Waals surface area contributed by atoms with Crippen LogP contribution in [0, 0.1) is 0 Å². The molecule has 0 unspecified atom stereocenters. The smallest absolute Gasteiger partial charge is 0.134 e. The van der Waals surface area contributed by atoms with E-state index in [9.17, 15) is 0 Å². The second-order valence-corrected chi connectivity index (χ2v) is 4.98. The van der Waals surface area contributed by atoms with Gasteiger partial charge in [0.15, 0.2) is 0 Å². The predicted octanol–water partition coefficient (Wildman–Crippen LogP) is 2.07. The summed E-state index contributed by atoms with van der Waals surface area (Å²) in [6.07, 6.45) is 8.26. The Morgan fingerprint density at radius 2 is 1.18 bits per heavy atom. The Morgan fingerprint density at radius 3 is 1.71 bits per heavy atom. The summed E-state index contributed by atoms with van der Waals surface area (Å²) >= 11 is 0. The highest BCUT2D eigenvalue weighted by Crippen LogP contribution is 2.23. The van der Waals surface area contributed by atoms with Gasteiger partial charge in [0, 0.05) is 32.2 Å². The van der Waals surface area contributed by atoms with Gasteiger partial charge in [0.25, 0.3) is 0 Å². The molecule has 17 heavy (non-hydrogen) atoms. The van der Waals surface area contributed by atoms with Gasteiger partial charge in [-0.2, -0.15) is 0 Å². The van der Waals surface area contributed by atoms with Crippen molar-refractivity contribution in [1.29, 1.82) is 0 Å². The van der Waals surface area contributed by atoms with Gasteiger partial charge in [0.1, 0.15) is 18.0 Å². The van der Waals surface area contributed by atoms with Gasteiger partial charge < -0.3 is 9.80 Å². The maximum absolute atomic E-state index is 4.42. The molecule has 0 spiro atoms. The van der Waals surface area contributed by atoms with Gasteiger partial charge in [-0.15, -0.1) is 0 Å². The van der Waals surface area contributed by atoms with E-state index >= 15 is 0 Å². The van der Waals surface area contributed by atoms with Crippen molar-refractivity contribution in [3.63, 3.8) is 0 Å². The van der Waals surface area contributed by atoms with Gasteiger partial charge in [-0.05, 0) is 32.1 Å². The second-order valence-electron chi connectivity index (χ2n) is 4.98. The fraction of sp³-hybridized carbons (Fsp3) is 0.692. The summed E-state index contributed by atoms with van der Waals surface area (Å²) in [5.41, 5.74) is 0. The van der Waals surface area contributed by atoms with E-state index in [0.29, 0.717) is 0 Å². The van der Waals surface area contributed by atoms with Crippen LogP contribution in [0.2, 0.25) is 0 Å². The van der Waals surface area contributed by atoms with Gasteiger partial charge >= 0.3 is 0 Å². The van der Waals surface area contributed by atoms with Crippen molar-refractivity contribution >= 4 is 11.6 Å². The Labute approximate surface area is 103 Å². The molecule has 2 aliphatic heterocycles. The summed E-state index contributed by atoms with van der Waals surface area (Å²) in [7, 11) is 0. The van der Waals surface area contributed by atoms with Gasteiger partial charge in [-0.25, -0.2) is 9.97 Å². The van der Waals surface area contributed by atoms with E-state index in [1.54, 1.807) is 6.33 Å². The lowest BCUT2D eigenvalue weighted by atomic mass is 10.1. The molecule has 4 heteroatoms. The first-order chi connectivity index (χ1) is 8.43. The van der Waals surface area contributed by atoms with E-state index in [-0.39, 0.29) is 0 Å². The van der Waals surface area contributed by atoms with Crippen LogP contribution in [-0.2, 0) is 0 Å². The van der Waals surface area contributed by atoms with Gasteiger partial charge in [-0.1, -0.05) is 0 Å². The molecule has 0 bridgehead atoms. The molecule has 0 amide bonds. The van der Waals surface area contributed by atoms with Crippen LogP contribution in [-0.4, -0.2) is 36.1 Å². The summed E-state index contributed by atoms with van der Waals surface area (Å²) in [6, 6.07) is 2.16. The fourth-order valence-corrected chi connectivity index (χ4v) is 2.75. The number of hydrogen-bond acceptors (Lipinski definition) is 4. The molecule has 0 aromatic carbocycles. The molecule has 3 rings (SSSR count). The van der Waals surface area contributed by atoms with Crippen molar-refractivity contribution in [1.82, 2.24) is 9.97 Å². The summed E-state index contributed by atoms with van der Waals surface area (Å²) in [5, 5.41) is 0. The first-order valence-corrected chi connectivity index (χ1v) is 6.75. The Balaban J connectivity index is 1.77. The lowest BCUT2D eigenvalue weighted by Crippen LogP contribution is -2.30. The molecule has 0 radical (unpaired) electrons. The third-order valence-electron chi connectivity index (χ3n) is 3.75. The molecule has 1 aromatic rings. The lowest BCUT2D eigenvalue weighted by Gasteiger charge is -2.28. The average Bonchev–Trinajstić information content (AvgIpc) is 2.94. The number of aromatic nitrogens is 2.